The van der Waals surface area contributed by atoms with Crippen molar-refractivity contribution in [3.8, 4) is 0 Å². The van der Waals surface area contributed by atoms with Gasteiger partial charge in [-0.15, -0.1) is 0 Å². The summed E-state index contributed by atoms with van der Waals surface area (Å²) in [5.74, 6) is 0. The van der Waals surface area contributed by atoms with Gasteiger partial charge in [0.05, 0.1) is 0 Å². The van der Waals surface area contributed by atoms with Gasteiger partial charge in [0, 0.05) is 19.6 Å². The molecule has 0 spiro atoms. The van der Waals surface area contributed by atoms with Crippen molar-refractivity contribution in [2.45, 2.75) is 32.2 Å². The zero-order valence-corrected chi connectivity index (χ0v) is 10.3. The minimum absolute atomic E-state index is 0.139. The van der Waals surface area contributed by atoms with E-state index in [1.54, 1.807) is 7.05 Å². The van der Waals surface area contributed by atoms with Gasteiger partial charge in [0.2, 0.25) is 0 Å². The molecule has 1 fully saturated rings. The lowest BCUT2D eigenvalue weighted by molar-refractivity contribution is 0.293. The van der Waals surface area contributed by atoms with Crippen LogP contribution in [0.1, 0.15) is 26.2 Å². The summed E-state index contributed by atoms with van der Waals surface area (Å²) in [4.78, 5) is 0. The van der Waals surface area contributed by atoms with Gasteiger partial charge < -0.3 is 5.32 Å². The van der Waals surface area contributed by atoms with E-state index in [1.165, 1.54) is 4.31 Å². The van der Waals surface area contributed by atoms with Crippen LogP contribution < -0.4 is 10.0 Å². The van der Waals surface area contributed by atoms with E-state index in [9.17, 15) is 8.42 Å². The van der Waals surface area contributed by atoms with Crippen LogP contribution in [0.2, 0.25) is 0 Å². The molecule has 1 aliphatic heterocycles. The Hall–Kier alpha value is -0.170. The maximum Gasteiger partial charge on any atom is 0.279 e. The average Bonchev–Trinajstić information content (AvgIpc) is 2.26. The fourth-order valence-electron chi connectivity index (χ4n) is 1.70. The fourth-order valence-corrected chi connectivity index (χ4v) is 2.97. The number of rotatable bonds is 5. The lowest BCUT2D eigenvalue weighted by Crippen LogP contribution is -2.48. The highest BCUT2D eigenvalue weighted by Gasteiger charge is 2.26. The van der Waals surface area contributed by atoms with Crippen LogP contribution in [0.5, 0.6) is 0 Å². The van der Waals surface area contributed by atoms with Gasteiger partial charge in [-0.3, -0.25) is 0 Å². The minimum Gasteiger partial charge on any atom is -0.317 e. The largest absolute Gasteiger partial charge is 0.317 e. The topological polar surface area (TPSA) is 61.4 Å². The molecule has 1 saturated heterocycles. The molecule has 0 radical (unpaired) electrons. The summed E-state index contributed by atoms with van der Waals surface area (Å²) < 4.78 is 27.6. The Bertz CT molecular complexity index is 273. The molecule has 6 heteroatoms. The van der Waals surface area contributed by atoms with Crippen LogP contribution in [0.3, 0.4) is 0 Å². The van der Waals surface area contributed by atoms with Crippen LogP contribution in [0.4, 0.5) is 0 Å². The van der Waals surface area contributed by atoms with Gasteiger partial charge in [0.25, 0.3) is 10.2 Å². The third kappa shape index (κ3) is 3.71. The highest BCUT2D eigenvalue weighted by molar-refractivity contribution is 7.87. The molecule has 0 saturated carbocycles. The van der Waals surface area contributed by atoms with E-state index in [0.29, 0.717) is 6.54 Å². The molecule has 1 rings (SSSR count). The Balaban J connectivity index is 2.53. The predicted octanol–water partition coefficient (Wildman–Crippen LogP) is -0.0854. The van der Waals surface area contributed by atoms with Crippen LogP contribution in [0.25, 0.3) is 0 Å². The van der Waals surface area contributed by atoms with E-state index in [1.807, 2.05) is 6.92 Å². The van der Waals surface area contributed by atoms with Crippen molar-refractivity contribution >= 4 is 10.2 Å². The van der Waals surface area contributed by atoms with E-state index >= 15 is 0 Å². The van der Waals surface area contributed by atoms with E-state index in [2.05, 4.69) is 10.0 Å². The summed E-state index contributed by atoms with van der Waals surface area (Å²) in [6.07, 6.45) is 2.60. The van der Waals surface area contributed by atoms with Crippen LogP contribution in [0.15, 0.2) is 0 Å². The van der Waals surface area contributed by atoms with E-state index < -0.39 is 10.2 Å². The SMILES string of the molecule is CCCNS(=O)(=O)N(C)C1CCNCC1. The third-order valence-electron chi connectivity index (χ3n) is 2.74. The summed E-state index contributed by atoms with van der Waals surface area (Å²) in [5, 5.41) is 3.22. The van der Waals surface area contributed by atoms with Gasteiger partial charge in [0.15, 0.2) is 0 Å². The van der Waals surface area contributed by atoms with Gasteiger partial charge in [0.1, 0.15) is 0 Å². The van der Waals surface area contributed by atoms with Crippen LogP contribution in [-0.2, 0) is 10.2 Å². The summed E-state index contributed by atoms with van der Waals surface area (Å²) in [6, 6.07) is 0.139. The number of hydrogen-bond donors (Lipinski definition) is 2. The molecule has 0 aromatic heterocycles. The second-order valence-electron chi connectivity index (χ2n) is 3.90. The third-order valence-corrected chi connectivity index (χ3v) is 4.36. The van der Waals surface area contributed by atoms with Crippen molar-refractivity contribution in [1.29, 1.82) is 0 Å². The monoisotopic (exact) mass is 235 g/mol. The van der Waals surface area contributed by atoms with E-state index in [4.69, 9.17) is 0 Å². The normalized spacial score (nSPS) is 19.7. The van der Waals surface area contributed by atoms with Gasteiger partial charge in [-0.1, -0.05) is 6.92 Å². The second-order valence-corrected chi connectivity index (χ2v) is 5.71. The molecule has 5 nitrogen and oxygen atoms in total. The lowest BCUT2D eigenvalue weighted by atomic mass is 10.1. The molecule has 90 valence electrons. The molecule has 1 aliphatic rings. The average molecular weight is 235 g/mol. The van der Waals surface area contributed by atoms with Crippen molar-refractivity contribution in [3.63, 3.8) is 0 Å². The molecule has 0 aromatic carbocycles. The molecule has 0 aromatic rings. The van der Waals surface area contributed by atoms with Gasteiger partial charge in [-0.2, -0.15) is 12.7 Å². The summed E-state index contributed by atoms with van der Waals surface area (Å²) >= 11 is 0. The number of piperidine rings is 1. The van der Waals surface area contributed by atoms with Gasteiger partial charge in [-0.05, 0) is 32.4 Å². The van der Waals surface area contributed by atoms with Crippen molar-refractivity contribution < 1.29 is 8.42 Å². The van der Waals surface area contributed by atoms with Crippen molar-refractivity contribution in [3.05, 3.63) is 0 Å². The van der Waals surface area contributed by atoms with Gasteiger partial charge >= 0.3 is 0 Å². The van der Waals surface area contributed by atoms with Crippen molar-refractivity contribution in [1.82, 2.24) is 14.3 Å². The smallest absolute Gasteiger partial charge is 0.279 e. The van der Waals surface area contributed by atoms with Crippen LogP contribution >= 0.6 is 0 Å². The maximum absolute atomic E-state index is 11.8. The van der Waals surface area contributed by atoms with Crippen molar-refractivity contribution in [2.75, 3.05) is 26.7 Å². The zero-order chi connectivity index (χ0) is 11.3. The molecule has 0 amide bonds. The number of nitrogens with zero attached hydrogens (tertiary/aromatic N) is 1. The van der Waals surface area contributed by atoms with Crippen molar-refractivity contribution in [2.24, 2.45) is 0 Å². The Morgan fingerprint density at radius 2 is 2.00 bits per heavy atom. The quantitative estimate of drug-likeness (QED) is 0.700. The number of nitrogens with one attached hydrogen (secondary N) is 2. The molecule has 1 heterocycles. The van der Waals surface area contributed by atoms with Crippen LogP contribution in [-0.4, -0.2) is 45.4 Å². The molecule has 0 unspecified atom stereocenters. The molecule has 0 atom stereocenters. The lowest BCUT2D eigenvalue weighted by Gasteiger charge is -2.30. The van der Waals surface area contributed by atoms with Gasteiger partial charge in [-0.25, -0.2) is 4.72 Å². The van der Waals surface area contributed by atoms with E-state index in [0.717, 1.165) is 32.4 Å². The first-order chi connectivity index (χ1) is 7.08. The highest BCUT2D eigenvalue weighted by Crippen LogP contribution is 2.12. The standard InChI is InChI=1S/C9H21N3O2S/c1-3-6-11-15(13,14)12(2)9-4-7-10-8-5-9/h9-11H,3-8H2,1-2H3. The molecular formula is C9H21N3O2S. The minimum atomic E-state index is -3.27. The highest BCUT2D eigenvalue weighted by atomic mass is 32.2. The molecular weight excluding hydrogens is 214 g/mol. The predicted molar refractivity (Wildman–Crippen MR) is 60.9 cm³/mol. The first-order valence-corrected chi connectivity index (χ1v) is 6.95. The maximum atomic E-state index is 11.8. The molecule has 15 heavy (non-hydrogen) atoms. The fraction of sp³-hybridized carbons (Fsp3) is 1.00. The van der Waals surface area contributed by atoms with Crippen LogP contribution in [0, 0.1) is 0 Å². The summed E-state index contributed by atoms with van der Waals surface area (Å²) in [6.45, 7) is 4.27. The molecule has 0 aliphatic carbocycles. The zero-order valence-electron chi connectivity index (χ0n) is 9.49. The Morgan fingerprint density at radius 3 is 2.53 bits per heavy atom. The first kappa shape index (κ1) is 12.9. The Kier molecular flexibility index (Phi) is 4.98. The summed E-state index contributed by atoms with van der Waals surface area (Å²) in [5.41, 5.74) is 0. The molecule has 0 bridgehead atoms. The van der Waals surface area contributed by atoms with E-state index in [-0.39, 0.29) is 6.04 Å². The summed E-state index contributed by atoms with van der Waals surface area (Å²) in [7, 11) is -1.61. The molecule has 2 N–H and O–H groups in total. The Labute approximate surface area is 92.4 Å². The Morgan fingerprint density at radius 1 is 1.40 bits per heavy atom. The first-order valence-electron chi connectivity index (χ1n) is 5.51. The second kappa shape index (κ2) is 5.79. The number of hydrogen-bond acceptors (Lipinski definition) is 3.